The van der Waals surface area contributed by atoms with Gasteiger partial charge in [0.15, 0.2) is 17.3 Å². The number of hydrogen-bond donors (Lipinski definition) is 1. The van der Waals surface area contributed by atoms with Crippen LogP contribution in [0.4, 0.5) is 5.82 Å². The molecule has 5 rings (SSSR count). The largest absolute Gasteiger partial charge is 0.491 e. The molecule has 7 nitrogen and oxygen atoms in total. The Morgan fingerprint density at radius 2 is 1.80 bits per heavy atom. The van der Waals surface area contributed by atoms with Gasteiger partial charge in [-0.05, 0) is 44.4 Å². The molecule has 0 spiro atoms. The van der Waals surface area contributed by atoms with E-state index in [1.165, 1.54) is 0 Å². The summed E-state index contributed by atoms with van der Waals surface area (Å²) in [6, 6.07) is 16.0. The number of ether oxygens (including phenoxy) is 1. The van der Waals surface area contributed by atoms with Crippen LogP contribution in [0.15, 0.2) is 53.1 Å². The van der Waals surface area contributed by atoms with E-state index in [1.54, 1.807) is 0 Å². The van der Waals surface area contributed by atoms with Crippen LogP contribution in [-0.4, -0.2) is 26.4 Å². The predicted molar refractivity (Wildman–Crippen MR) is 114 cm³/mol. The summed E-state index contributed by atoms with van der Waals surface area (Å²) in [4.78, 5) is 4.53. The fraction of sp³-hybridized carbons (Fsp3) is 0.304. The van der Waals surface area contributed by atoms with Gasteiger partial charge in [0, 0.05) is 23.2 Å². The fourth-order valence-corrected chi connectivity index (χ4v) is 3.37. The average molecular weight is 401 g/mol. The number of benzene rings is 2. The van der Waals surface area contributed by atoms with Gasteiger partial charge in [0.25, 0.3) is 5.89 Å². The summed E-state index contributed by atoms with van der Waals surface area (Å²) in [6.45, 7) is 4.67. The summed E-state index contributed by atoms with van der Waals surface area (Å²) in [5.74, 6) is 3.21. The maximum atomic E-state index is 5.70. The number of nitrogens with zero attached hydrogens (tertiary/aromatic N) is 4. The van der Waals surface area contributed by atoms with E-state index in [9.17, 15) is 0 Å². The lowest BCUT2D eigenvalue weighted by molar-refractivity contribution is 0.242. The minimum Gasteiger partial charge on any atom is -0.491 e. The first-order chi connectivity index (χ1) is 14.7. The molecule has 0 aliphatic heterocycles. The van der Waals surface area contributed by atoms with E-state index in [2.05, 4.69) is 25.7 Å². The van der Waals surface area contributed by atoms with Crippen LogP contribution < -0.4 is 10.1 Å². The van der Waals surface area contributed by atoms with Crippen LogP contribution in [0.1, 0.15) is 44.0 Å². The Kier molecular flexibility index (Phi) is 4.78. The number of rotatable bonds is 7. The summed E-state index contributed by atoms with van der Waals surface area (Å²) < 4.78 is 11.2. The van der Waals surface area contributed by atoms with Gasteiger partial charge in [-0.3, -0.25) is 0 Å². The van der Waals surface area contributed by atoms with Gasteiger partial charge < -0.3 is 14.6 Å². The van der Waals surface area contributed by atoms with Crippen LogP contribution in [0, 0.1) is 0 Å². The van der Waals surface area contributed by atoms with Crippen molar-refractivity contribution in [3.8, 4) is 17.3 Å². The van der Waals surface area contributed by atoms with Crippen molar-refractivity contribution in [3.63, 3.8) is 0 Å². The van der Waals surface area contributed by atoms with Crippen LogP contribution in [0.3, 0.4) is 0 Å². The van der Waals surface area contributed by atoms with Gasteiger partial charge in [0.1, 0.15) is 5.75 Å². The van der Waals surface area contributed by atoms with Gasteiger partial charge in [-0.25, -0.2) is 0 Å². The minimum atomic E-state index is 0.160. The zero-order valence-electron chi connectivity index (χ0n) is 17.0. The number of aromatic nitrogens is 4. The van der Waals surface area contributed by atoms with Crippen molar-refractivity contribution < 1.29 is 9.26 Å². The number of fused-ring (bicyclic) bond motifs is 1. The van der Waals surface area contributed by atoms with E-state index in [-0.39, 0.29) is 6.10 Å². The second kappa shape index (κ2) is 7.74. The molecule has 2 aromatic heterocycles. The van der Waals surface area contributed by atoms with E-state index < -0.39 is 0 Å². The van der Waals surface area contributed by atoms with Crippen LogP contribution in [0.2, 0.25) is 0 Å². The third kappa shape index (κ3) is 3.83. The highest BCUT2D eigenvalue weighted by molar-refractivity contribution is 5.98. The van der Waals surface area contributed by atoms with Crippen molar-refractivity contribution in [1.82, 2.24) is 20.3 Å². The molecule has 0 atom stereocenters. The molecule has 2 aromatic carbocycles. The van der Waals surface area contributed by atoms with Crippen molar-refractivity contribution in [3.05, 3.63) is 59.9 Å². The van der Waals surface area contributed by atoms with E-state index in [0.717, 1.165) is 46.6 Å². The van der Waals surface area contributed by atoms with Gasteiger partial charge in [-0.2, -0.15) is 4.98 Å². The third-order valence-electron chi connectivity index (χ3n) is 5.03. The van der Waals surface area contributed by atoms with Crippen molar-refractivity contribution in [2.45, 2.75) is 45.3 Å². The smallest absolute Gasteiger partial charge is 0.279 e. The lowest BCUT2D eigenvalue weighted by Crippen LogP contribution is -2.06. The van der Waals surface area contributed by atoms with Crippen LogP contribution in [0.5, 0.6) is 5.75 Å². The summed E-state index contributed by atoms with van der Waals surface area (Å²) in [5, 5.41) is 18.2. The normalized spacial score (nSPS) is 13.7. The van der Waals surface area contributed by atoms with Crippen molar-refractivity contribution >= 4 is 16.6 Å². The third-order valence-corrected chi connectivity index (χ3v) is 5.03. The first-order valence-electron chi connectivity index (χ1n) is 10.3. The van der Waals surface area contributed by atoms with E-state index in [4.69, 9.17) is 9.26 Å². The molecule has 0 saturated heterocycles. The average Bonchev–Trinajstić information content (AvgIpc) is 3.50. The van der Waals surface area contributed by atoms with Crippen LogP contribution in [0.25, 0.3) is 22.4 Å². The second-order valence-corrected chi connectivity index (χ2v) is 7.84. The summed E-state index contributed by atoms with van der Waals surface area (Å²) in [6.07, 6.45) is 2.41. The molecular formula is C23H23N5O2. The maximum Gasteiger partial charge on any atom is 0.279 e. The summed E-state index contributed by atoms with van der Waals surface area (Å²) in [7, 11) is 0. The van der Waals surface area contributed by atoms with Gasteiger partial charge in [0.2, 0.25) is 0 Å². The van der Waals surface area contributed by atoms with Gasteiger partial charge in [-0.15, -0.1) is 10.2 Å². The fourth-order valence-electron chi connectivity index (χ4n) is 3.37. The van der Waals surface area contributed by atoms with E-state index in [1.807, 2.05) is 62.4 Å². The quantitative estimate of drug-likeness (QED) is 0.468. The Morgan fingerprint density at radius 1 is 1.03 bits per heavy atom. The molecular weight excluding hydrogens is 378 g/mol. The summed E-state index contributed by atoms with van der Waals surface area (Å²) >= 11 is 0. The number of nitrogens with one attached hydrogen (secondary N) is 1. The lowest BCUT2D eigenvalue weighted by atomic mass is 10.1. The Morgan fingerprint density at radius 3 is 2.53 bits per heavy atom. The molecule has 30 heavy (non-hydrogen) atoms. The van der Waals surface area contributed by atoms with Crippen molar-refractivity contribution in [1.29, 1.82) is 0 Å². The van der Waals surface area contributed by atoms with E-state index in [0.29, 0.717) is 24.0 Å². The Bertz CT molecular complexity index is 1170. The van der Waals surface area contributed by atoms with Crippen LogP contribution >= 0.6 is 0 Å². The molecule has 2 heterocycles. The lowest BCUT2D eigenvalue weighted by Gasteiger charge is -2.11. The first-order valence-corrected chi connectivity index (χ1v) is 10.3. The monoisotopic (exact) mass is 401 g/mol. The SMILES string of the molecule is CC(C)Oc1ccc(CNc2nnc(-c3nc(C4CC4)no3)c3ccccc23)cc1. The molecule has 0 radical (unpaired) electrons. The molecule has 1 saturated carbocycles. The first kappa shape index (κ1) is 18.5. The molecule has 1 N–H and O–H groups in total. The van der Waals surface area contributed by atoms with Crippen molar-refractivity contribution in [2.75, 3.05) is 5.32 Å². The molecule has 0 unspecified atom stereocenters. The second-order valence-electron chi connectivity index (χ2n) is 7.84. The molecule has 0 bridgehead atoms. The van der Waals surface area contributed by atoms with Crippen LogP contribution in [-0.2, 0) is 6.54 Å². The standard InChI is InChI=1S/C23H23N5O2/c1-14(2)29-17-11-7-15(8-12-17)13-24-22-19-6-4-3-5-18(19)20(26-27-22)23-25-21(28-30-23)16-9-10-16/h3-8,11-12,14,16H,9-10,13H2,1-2H3,(H,24,27). The van der Waals surface area contributed by atoms with Gasteiger partial charge in [-0.1, -0.05) is 41.6 Å². The van der Waals surface area contributed by atoms with Crippen molar-refractivity contribution in [2.24, 2.45) is 0 Å². The minimum absolute atomic E-state index is 0.160. The predicted octanol–water partition coefficient (Wildman–Crippen LogP) is 4.96. The maximum absolute atomic E-state index is 5.70. The molecule has 1 fully saturated rings. The highest BCUT2D eigenvalue weighted by atomic mass is 16.5. The zero-order chi connectivity index (χ0) is 20.5. The topological polar surface area (TPSA) is 86.0 Å². The molecule has 1 aliphatic rings. The summed E-state index contributed by atoms with van der Waals surface area (Å²) in [5.41, 5.74) is 1.75. The molecule has 7 heteroatoms. The Balaban J connectivity index is 1.38. The number of anilines is 1. The highest BCUT2D eigenvalue weighted by Crippen LogP contribution is 2.39. The Hall–Kier alpha value is -3.48. The molecule has 152 valence electrons. The molecule has 4 aromatic rings. The highest BCUT2D eigenvalue weighted by Gasteiger charge is 2.29. The molecule has 0 amide bonds. The van der Waals surface area contributed by atoms with Gasteiger partial charge >= 0.3 is 0 Å². The number of hydrogen-bond acceptors (Lipinski definition) is 7. The van der Waals surface area contributed by atoms with Gasteiger partial charge in [0.05, 0.1) is 6.10 Å². The Labute approximate surface area is 174 Å². The van der Waals surface area contributed by atoms with E-state index >= 15 is 0 Å². The molecule has 1 aliphatic carbocycles. The zero-order valence-corrected chi connectivity index (χ0v) is 17.0.